The van der Waals surface area contributed by atoms with Gasteiger partial charge in [-0.3, -0.25) is 9.48 Å². The molecule has 1 atom stereocenters. The van der Waals surface area contributed by atoms with Crippen LogP contribution >= 0.6 is 0 Å². The zero-order valence-corrected chi connectivity index (χ0v) is 14.2. The van der Waals surface area contributed by atoms with E-state index in [1.807, 2.05) is 31.0 Å². The van der Waals surface area contributed by atoms with Gasteiger partial charge in [-0.25, -0.2) is 0 Å². The Labute approximate surface area is 138 Å². The van der Waals surface area contributed by atoms with Crippen LogP contribution in [-0.4, -0.2) is 41.2 Å². The Hall–Kier alpha value is -2.14. The van der Waals surface area contributed by atoms with Gasteiger partial charge in [0.2, 0.25) is 5.91 Å². The van der Waals surface area contributed by atoms with E-state index in [-0.39, 0.29) is 11.9 Å². The smallest absolute Gasteiger partial charge is 0.220 e. The molecule has 5 heteroatoms. The molecule has 0 saturated heterocycles. The molecule has 1 heterocycles. The van der Waals surface area contributed by atoms with Gasteiger partial charge in [0.1, 0.15) is 0 Å². The molecular formula is C18H26N4O. The molecule has 0 saturated carbocycles. The van der Waals surface area contributed by atoms with Crippen molar-refractivity contribution in [1.82, 2.24) is 20.0 Å². The molecule has 1 aromatic heterocycles. The van der Waals surface area contributed by atoms with Gasteiger partial charge in [0, 0.05) is 31.9 Å². The summed E-state index contributed by atoms with van der Waals surface area (Å²) in [5.74, 6) is 0.0936. The third kappa shape index (κ3) is 5.53. The minimum Gasteiger partial charge on any atom is -0.354 e. The van der Waals surface area contributed by atoms with Gasteiger partial charge < -0.3 is 10.2 Å². The number of likely N-dealkylation sites (N-methyl/N-ethyl adjacent to an activating group) is 1. The minimum atomic E-state index is 0.0936. The van der Waals surface area contributed by atoms with E-state index in [1.54, 1.807) is 6.20 Å². The first-order chi connectivity index (χ1) is 11.1. The molecule has 0 aliphatic carbocycles. The van der Waals surface area contributed by atoms with Crippen molar-refractivity contribution in [3.05, 3.63) is 53.9 Å². The number of hydrogen-bond acceptors (Lipinski definition) is 3. The number of aromatic nitrogens is 2. The van der Waals surface area contributed by atoms with E-state index in [0.717, 1.165) is 13.0 Å². The quantitative estimate of drug-likeness (QED) is 0.814. The fourth-order valence-corrected chi connectivity index (χ4v) is 2.52. The van der Waals surface area contributed by atoms with Gasteiger partial charge in [-0.1, -0.05) is 29.8 Å². The Morgan fingerprint density at radius 2 is 2.04 bits per heavy atom. The Morgan fingerprint density at radius 1 is 1.30 bits per heavy atom. The number of hydrogen-bond donors (Lipinski definition) is 1. The predicted molar refractivity (Wildman–Crippen MR) is 92.1 cm³/mol. The molecule has 1 amide bonds. The molecule has 1 unspecified atom stereocenters. The zero-order valence-electron chi connectivity index (χ0n) is 14.2. The molecule has 5 nitrogen and oxygen atoms in total. The number of carbonyl (C=O) groups excluding carboxylic acids is 1. The largest absolute Gasteiger partial charge is 0.354 e. The number of aryl methyl sites for hydroxylation is 2. The first-order valence-corrected chi connectivity index (χ1v) is 8.03. The number of rotatable bonds is 8. The van der Waals surface area contributed by atoms with Gasteiger partial charge in [0.25, 0.3) is 0 Å². The van der Waals surface area contributed by atoms with Crippen LogP contribution in [0.4, 0.5) is 0 Å². The summed E-state index contributed by atoms with van der Waals surface area (Å²) >= 11 is 0. The average molecular weight is 314 g/mol. The summed E-state index contributed by atoms with van der Waals surface area (Å²) in [5, 5.41) is 7.18. The standard InChI is InChI=1S/C18H26N4O/c1-15-7-9-16(10-8-15)17(21(2)3)14-19-18(23)6-4-12-22-13-5-11-20-22/h5,7-11,13,17H,4,6,12,14H2,1-3H3,(H,19,23). The Balaban J connectivity index is 1.79. The van der Waals surface area contributed by atoms with Gasteiger partial charge in [-0.2, -0.15) is 5.10 Å². The highest BCUT2D eigenvalue weighted by Gasteiger charge is 2.15. The normalized spacial score (nSPS) is 12.3. The molecule has 2 rings (SSSR count). The van der Waals surface area contributed by atoms with Crippen LogP contribution in [0.2, 0.25) is 0 Å². The summed E-state index contributed by atoms with van der Waals surface area (Å²) in [6, 6.07) is 10.6. The average Bonchev–Trinajstić information content (AvgIpc) is 3.02. The maximum atomic E-state index is 12.0. The lowest BCUT2D eigenvalue weighted by Crippen LogP contribution is -2.34. The molecule has 0 radical (unpaired) electrons. The fraction of sp³-hybridized carbons (Fsp3) is 0.444. The second-order valence-electron chi connectivity index (χ2n) is 6.07. The van der Waals surface area contributed by atoms with Crippen LogP contribution in [0.3, 0.4) is 0 Å². The summed E-state index contributed by atoms with van der Waals surface area (Å²) in [6.45, 7) is 3.47. The van der Waals surface area contributed by atoms with E-state index < -0.39 is 0 Å². The Bertz CT molecular complexity index is 590. The maximum absolute atomic E-state index is 12.0. The van der Waals surface area contributed by atoms with Crippen LogP contribution in [0, 0.1) is 6.92 Å². The summed E-state index contributed by atoms with van der Waals surface area (Å²) in [6.07, 6.45) is 4.99. The summed E-state index contributed by atoms with van der Waals surface area (Å²) in [7, 11) is 4.07. The monoisotopic (exact) mass is 314 g/mol. The number of benzene rings is 1. The van der Waals surface area contributed by atoms with Gasteiger partial charge in [0.15, 0.2) is 0 Å². The summed E-state index contributed by atoms with van der Waals surface area (Å²) in [4.78, 5) is 14.2. The van der Waals surface area contributed by atoms with Crippen molar-refractivity contribution in [2.45, 2.75) is 32.4 Å². The van der Waals surface area contributed by atoms with E-state index in [1.165, 1.54) is 11.1 Å². The molecule has 0 fully saturated rings. The molecular weight excluding hydrogens is 288 g/mol. The third-order valence-corrected chi connectivity index (χ3v) is 3.93. The molecule has 124 valence electrons. The van der Waals surface area contributed by atoms with E-state index in [2.05, 4.69) is 46.5 Å². The van der Waals surface area contributed by atoms with Crippen LogP contribution < -0.4 is 5.32 Å². The molecule has 0 bridgehead atoms. The van der Waals surface area contributed by atoms with Gasteiger partial charge in [0.05, 0.1) is 6.04 Å². The number of nitrogens with one attached hydrogen (secondary N) is 1. The highest BCUT2D eigenvalue weighted by molar-refractivity contribution is 5.75. The molecule has 0 aliphatic rings. The second-order valence-corrected chi connectivity index (χ2v) is 6.07. The lowest BCUT2D eigenvalue weighted by molar-refractivity contribution is -0.121. The lowest BCUT2D eigenvalue weighted by Gasteiger charge is -2.25. The topological polar surface area (TPSA) is 50.2 Å². The molecule has 0 aliphatic heterocycles. The van der Waals surface area contributed by atoms with Crippen LogP contribution in [0.25, 0.3) is 0 Å². The lowest BCUT2D eigenvalue weighted by atomic mass is 10.0. The fourth-order valence-electron chi connectivity index (χ4n) is 2.52. The van der Waals surface area contributed by atoms with E-state index in [0.29, 0.717) is 13.0 Å². The summed E-state index contributed by atoms with van der Waals surface area (Å²) < 4.78 is 1.85. The van der Waals surface area contributed by atoms with Crippen LogP contribution in [0.5, 0.6) is 0 Å². The second kappa shape index (κ2) is 8.48. The van der Waals surface area contributed by atoms with E-state index in [4.69, 9.17) is 0 Å². The molecule has 1 N–H and O–H groups in total. The molecule has 2 aromatic rings. The SMILES string of the molecule is Cc1ccc(C(CNC(=O)CCCn2cccn2)N(C)C)cc1. The van der Waals surface area contributed by atoms with Gasteiger partial charge in [-0.05, 0) is 39.1 Å². The minimum absolute atomic E-state index is 0.0936. The third-order valence-electron chi connectivity index (χ3n) is 3.93. The molecule has 0 spiro atoms. The predicted octanol–water partition coefficient (Wildman–Crippen LogP) is 2.39. The van der Waals surface area contributed by atoms with E-state index in [9.17, 15) is 4.79 Å². The number of carbonyl (C=O) groups is 1. The van der Waals surface area contributed by atoms with E-state index >= 15 is 0 Å². The van der Waals surface area contributed by atoms with Crippen LogP contribution in [0.1, 0.15) is 30.0 Å². The first-order valence-electron chi connectivity index (χ1n) is 8.03. The van der Waals surface area contributed by atoms with Crippen molar-refractivity contribution in [2.75, 3.05) is 20.6 Å². The Morgan fingerprint density at radius 3 is 2.65 bits per heavy atom. The van der Waals surface area contributed by atoms with Crippen molar-refractivity contribution in [2.24, 2.45) is 0 Å². The van der Waals surface area contributed by atoms with Crippen molar-refractivity contribution < 1.29 is 4.79 Å². The van der Waals surface area contributed by atoms with Crippen LogP contribution in [-0.2, 0) is 11.3 Å². The number of nitrogens with zero attached hydrogens (tertiary/aromatic N) is 3. The van der Waals surface area contributed by atoms with Crippen molar-refractivity contribution in [3.63, 3.8) is 0 Å². The maximum Gasteiger partial charge on any atom is 0.220 e. The highest BCUT2D eigenvalue weighted by Crippen LogP contribution is 2.17. The van der Waals surface area contributed by atoms with Gasteiger partial charge in [-0.15, -0.1) is 0 Å². The van der Waals surface area contributed by atoms with Crippen molar-refractivity contribution in [1.29, 1.82) is 0 Å². The first kappa shape index (κ1) is 17.2. The zero-order chi connectivity index (χ0) is 16.7. The van der Waals surface area contributed by atoms with Gasteiger partial charge >= 0.3 is 0 Å². The van der Waals surface area contributed by atoms with Crippen molar-refractivity contribution >= 4 is 5.91 Å². The van der Waals surface area contributed by atoms with Crippen LogP contribution in [0.15, 0.2) is 42.7 Å². The molecule has 23 heavy (non-hydrogen) atoms. The Kier molecular flexibility index (Phi) is 6.35. The summed E-state index contributed by atoms with van der Waals surface area (Å²) in [5.41, 5.74) is 2.46. The van der Waals surface area contributed by atoms with Crippen molar-refractivity contribution in [3.8, 4) is 0 Å². The highest BCUT2D eigenvalue weighted by atomic mass is 16.1. The molecule has 1 aromatic carbocycles. The number of amides is 1.